The molecule has 0 saturated carbocycles. The van der Waals surface area contributed by atoms with Crippen molar-refractivity contribution in [2.45, 2.75) is 194 Å². The third kappa shape index (κ3) is 17.9. The van der Waals surface area contributed by atoms with Crippen molar-refractivity contribution >= 4 is 22.4 Å². The third-order valence-electron chi connectivity index (χ3n) is 8.87. The first-order chi connectivity index (χ1) is 21.2. The second-order valence-electron chi connectivity index (χ2n) is 12.9. The Morgan fingerprint density at radius 2 is 0.744 bits per heavy atom. The maximum absolute atomic E-state index is 6.30. The van der Waals surface area contributed by atoms with E-state index in [1.807, 2.05) is 0 Å². The molecule has 0 N–H and O–H groups in total. The fourth-order valence-corrected chi connectivity index (χ4v) is 6.66. The number of thiophene rings is 1. The highest BCUT2D eigenvalue weighted by Crippen LogP contribution is 2.29. The van der Waals surface area contributed by atoms with Gasteiger partial charge in [-0.1, -0.05) is 155 Å². The Balaban J connectivity index is 1.61. The van der Waals surface area contributed by atoms with Gasteiger partial charge in [-0.3, -0.25) is 0 Å². The van der Waals surface area contributed by atoms with E-state index in [4.69, 9.17) is 19.4 Å². The van der Waals surface area contributed by atoms with Gasteiger partial charge in [-0.15, -0.1) is 11.3 Å². The van der Waals surface area contributed by atoms with E-state index in [2.05, 4.69) is 38.5 Å². The molecule has 2 unspecified atom stereocenters. The molecule has 5 heteroatoms. The van der Waals surface area contributed by atoms with E-state index in [1.54, 1.807) is 11.3 Å². The van der Waals surface area contributed by atoms with Crippen molar-refractivity contribution in [1.82, 2.24) is 9.97 Å². The third-order valence-corrected chi connectivity index (χ3v) is 9.59. The molecule has 0 aliphatic carbocycles. The van der Waals surface area contributed by atoms with Gasteiger partial charge in [0.1, 0.15) is 0 Å². The predicted molar refractivity (Wildman–Crippen MR) is 188 cm³/mol. The number of ether oxygens (including phenoxy) is 2. The van der Waals surface area contributed by atoms with Crippen LogP contribution in [0.5, 0.6) is 0 Å². The van der Waals surface area contributed by atoms with Gasteiger partial charge in [-0.2, -0.15) is 0 Å². The minimum absolute atomic E-state index is 0.0720. The number of nitrogens with zero attached hydrogens (tertiary/aromatic N) is 2. The summed E-state index contributed by atoms with van der Waals surface area (Å²) in [7, 11) is 0. The summed E-state index contributed by atoms with van der Waals surface area (Å²) >= 11 is 1.66. The van der Waals surface area contributed by atoms with Gasteiger partial charge in [0.25, 0.3) is 0 Å². The van der Waals surface area contributed by atoms with Crippen molar-refractivity contribution in [1.29, 1.82) is 0 Å². The largest absolute Gasteiger partial charge is 0.372 e. The van der Waals surface area contributed by atoms with Crippen LogP contribution in [-0.2, 0) is 9.47 Å². The first kappa shape index (κ1) is 38.1. The van der Waals surface area contributed by atoms with Crippen molar-refractivity contribution < 1.29 is 9.47 Å². The van der Waals surface area contributed by atoms with Gasteiger partial charge in [0.05, 0.1) is 34.6 Å². The maximum Gasteiger partial charge on any atom is 0.0998 e. The summed E-state index contributed by atoms with van der Waals surface area (Å²) in [5.41, 5.74) is 3.84. The predicted octanol–water partition coefficient (Wildman–Crippen LogP) is 13.2. The first-order valence-electron chi connectivity index (χ1n) is 18.6. The monoisotopic (exact) mass is 617 g/mol. The van der Waals surface area contributed by atoms with Gasteiger partial charge < -0.3 is 9.47 Å². The zero-order valence-electron chi connectivity index (χ0n) is 28.8. The highest BCUT2D eigenvalue weighted by atomic mass is 32.1. The average molecular weight is 617 g/mol. The van der Waals surface area contributed by atoms with Gasteiger partial charge in [0.15, 0.2) is 0 Å². The molecule has 0 aliphatic heterocycles. The Hall–Kier alpha value is -1.04. The smallest absolute Gasteiger partial charge is 0.0998 e. The van der Waals surface area contributed by atoms with E-state index in [1.165, 1.54) is 141 Å². The van der Waals surface area contributed by atoms with Crippen molar-refractivity contribution in [3.63, 3.8) is 0 Å². The SMILES string of the molecule is CCCCCCCCCCCCCCOC(C)c1nc2cscc2nc1C(C)OCCCCCCCCCCCCCC. The number of unbranched alkanes of at least 4 members (excludes halogenated alkanes) is 22. The number of hydrogen-bond acceptors (Lipinski definition) is 5. The number of fused-ring (bicyclic) bond motifs is 1. The van der Waals surface area contributed by atoms with Gasteiger partial charge >= 0.3 is 0 Å². The lowest BCUT2D eigenvalue weighted by Crippen LogP contribution is -2.13. The molecule has 4 nitrogen and oxygen atoms in total. The average Bonchev–Trinajstić information content (AvgIpc) is 3.48. The van der Waals surface area contributed by atoms with Gasteiger partial charge in [-0.05, 0) is 26.7 Å². The summed E-state index contributed by atoms with van der Waals surface area (Å²) in [5.74, 6) is 0. The molecule has 2 aromatic heterocycles. The second kappa shape index (κ2) is 26.2. The van der Waals surface area contributed by atoms with Gasteiger partial charge in [-0.25, -0.2) is 9.97 Å². The zero-order valence-corrected chi connectivity index (χ0v) is 29.6. The van der Waals surface area contributed by atoms with Crippen molar-refractivity contribution in [2.24, 2.45) is 0 Å². The number of aromatic nitrogens is 2. The van der Waals surface area contributed by atoms with Crippen LogP contribution < -0.4 is 0 Å². The van der Waals surface area contributed by atoms with E-state index in [0.717, 1.165) is 48.5 Å². The maximum atomic E-state index is 6.30. The molecular weight excluding hydrogens is 548 g/mol. The molecule has 2 heterocycles. The minimum Gasteiger partial charge on any atom is -0.372 e. The molecule has 0 aliphatic rings. The van der Waals surface area contributed by atoms with Crippen LogP contribution in [0.1, 0.15) is 205 Å². The minimum atomic E-state index is -0.0720. The van der Waals surface area contributed by atoms with Crippen molar-refractivity contribution in [3.8, 4) is 0 Å². The van der Waals surface area contributed by atoms with Crippen LogP contribution in [0, 0.1) is 0 Å². The Morgan fingerprint density at radius 3 is 1.05 bits per heavy atom. The lowest BCUT2D eigenvalue weighted by atomic mass is 10.1. The summed E-state index contributed by atoms with van der Waals surface area (Å²) in [6.07, 6.45) is 32.5. The molecule has 43 heavy (non-hydrogen) atoms. The highest BCUT2D eigenvalue weighted by Gasteiger charge is 2.21. The van der Waals surface area contributed by atoms with E-state index in [0.29, 0.717) is 0 Å². The summed E-state index contributed by atoms with van der Waals surface area (Å²) in [6, 6.07) is 0. The van der Waals surface area contributed by atoms with Crippen molar-refractivity contribution in [2.75, 3.05) is 13.2 Å². The molecule has 2 aromatic rings. The zero-order chi connectivity index (χ0) is 30.8. The second-order valence-corrected chi connectivity index (χ2v) is 13.7. The van der Waals surface area contributed by atoms with E-state index < -0.39 is 0 Å². The Kier molecular flexibility index (Phi) is 23.2. The highest BCUT2D eigenvalue weighted by molar-refractivity contribution is 7.09. The standard InChI is InChI=1S/C38H68N2O2S/c1-5-7-9-11-13-15-17-19-21-23-25-27-29-41-33(3)37-38(40-36-32-43-31-35(36)39-37)34(4)42-30-28-26-24-22-20-18-16-14-12-10-8-6-2/h31-34H,5-30H2,1-4H3. The first-order valence-corrected chi connectivity index (χ1v) is 19.6. The molecule has 0 radical (unpaired) electrons. The van der Waals surface area contributed by atoms with Crippen LogP contribution in [0.2, 0.25) is 0 Å². The Bertz CT molecular complexity index is 831. The van der Waals surface area contributed by atoms with Gasteiger partial charge in [0.2, 0.25) is 0 Å². The van der Waals surface area contributed by atoms with Gasteiger partial charge in [0, 0.05) is 24.0 Å². The molecular formula is C38H68N2O2S. The van der Waals surface area contributed by atoms with E-state index in [-0.39, 0.29) is 12.2 Å². The number of rotatable bonds is 30. The van der Waals surface area contributed by atoms with Crippen LogP contribution in [-0.4, -0.2) is 23.2 Å². The molecule has 2 atom stereocenters. The molecule has 0 bridgehead atoms. The molecule has 0 amide bonds. The van der Waals surface area contributed by atoms with Crippen LogP contribution >= 0.6 is 11.3 Å². The number of hydrogen-bond donors (Lipinski definition) is 0. The summed E-state index contributed by atoms with van der Waals surface area (Å²) in [6.45, 7) is 10.4. The molecule has 0 fully saturated rings. The lowest BCUT2D eigenvalue weighted by Gasteiger charge is -2.20. The van der Waals surface area contributed by atoms with E-state index in [9.17, 15) is 0 Å². The summed E-state index contributed by atoms with van der Waals surface area (Å²) in [4.78, 5) is 9.99. The van der Waals surface area contributed by atoms with Crippen LogP contribution in [0.3, 0.4) is 0 Å². The lowest BCUT2D eigenvalue weighted by molar-refractivity contribution is 0.0427. The topological polar surface area (TPSA) is 44.2 Å². The quantitative estimate of drug-likeness (QED) is 0.0819. The van der Waals surface area contributed by atoms with Crippen molar-refractivity contribution in [3.05, 3.63) is 22.1 Å². The Morgan fingerprint density at radius 1 is 0.465 bits per heavy atom. The van der Waals surface area contributed by atoms with Crippen LogP contribution in [0.4, 0.5) is 0 Å². The summed E-state index contributed by atoms with van der Waals surface area (Å²) < 4.78 is 12.6. The normalized spacial score (nSPS) is 13.2. The molecule has 248 valence electrons. The molecule has 0 spiro atoms. The molecule has 0 saturated heterocycles. The van der Waals surface area contributed by atoms with E-state index >= 15 is 0 Å². The molecule has 0 aromatic carbocycles. The summed E-state index contributed by atoms with van der Waals surface area (Å²) in [5, 5.41) is 4.18. The Labute approximate surface area is 270 Å². The fraction of sp³-hybridized carbons (Fsp3) is 0.842. The molecule has 2 rings (SSSR count). The fourth-order valence-electron chi connectivity index (χ4n) is 5.99. The van der Waals surface area contributed by atoms with Crippen LogP contribution in [0.15, 0.2) is 10.8 Å². The van der Waals surface area contributed by atoms with Crippen LogP contribution in [0.25, 0.3) is 11.0 Å².